The molecule has 28 heavy (non-hydrogen) atoms. The molecule has 0 saturated carbocycles. The second kappa shape index (κ2) is 7.43. The number of amides is 1. The van der Waals surface area contributed by atoms with Gasteiger partial charge in [-0.2, -0.15) is 0 Å². The van der Waals surface area contributed by atoms with E-state index < -0.39 is 0 Å². The fraction of sp³-hybridized carbons (Fsp3) is 0.455. The van der Waals surface area contributed by atoms with Crippen molar-refractivity contribution in [2.75, 3.05) is 54.0 Å². The van der Waals surface area contributed by atoms with E-state index in [9.17, 15) is 4.79 Å². The Labute approximate surface area is 167 Å². The lowest BCUT2D eigenvalue weighted by Crippen LogP contribution is -2.53. The predicted octanol–water partition coefficient (Wildman–Crippen LogP) is 3.12. The third-order valence-electron chi connectivity index (χ3n) is 5.78. The van der Waals surface area contributed by atoms with Gasteiger partial charge in [0.15, 0.2) is 0 Å². The Morgan fingerprint density at radius 3 is 2.21 bits per heavy atom. The van der Waals surface area contributed by atoms with E-state index in [1.54, 1.807) is 4.90 Å². The van der Waals surface area contributed by atoms with Gasteiger partial charge in [0.25, 0.3) is 0 Å². The standard InChI is InChI=1S/C22H29N5O/c1-22(2,3)26-13-10-24(11-14-26)18-8-9-21(23-16-18)27-15-12-25(17-28)19-6-4-5-7-20(19)27/h4-9,16-17H,10-15H2,1-3H3. The molecule has 0 spiro atoms. The van der Waals surface area contributed by atoms with Crippen LogP contribution in [0.15, 0.2) is 42.6 Å². The number of hydrogen-bond donors (Lipinski definition) is 0. The van der Waals surface area contributed by atoms with E-state index in [0.717, 1.165) is 56.3 Å². The van der Waals surface area contributed by atoms with Gasteiger partial charge >= 0.3 is 0 Å². The van der Waals surface area contributed by atoms with Crippen molar-refractivity contribution in [2.45, 2.75) is 26.3 Å². The molecule has 2 aromatic rings. The minimum atomic E-state index is 0.227. The zero-order valence-electron chi connectivity index (χ0n) is 17.0. The molecule has 148 valence electrons. The van der Waals surface area contributed by atoms with Gasteiger partial charge in [-0.25, -0.2) is 4.98 Å². The van der Waals surface area contributed by atoms with Crippen molar-refractivity contribution in [3.05, 3.63) is 42.6 Å². The molecule has 6 nitrogen and oxygen atoms in total. The quantitative estimate of drug-likeness (QED) is 0.767. The highest BCUT2D eigenvalue weighted by Gasteiger charge is 2.27. The molecule has 0 atom stereocenters. The van der Waals surface area contributed by atoms with Crippen LogP contribution < -0.4 is 14.7 Å². The van der Waals surface area contributed by atoms with Crippen LogP contribution in [0.1, 0.15) is 20.8 Å². The van der Waals surface area contributed by atoms with Gasteiger partial charge < -0.3 is 14.7 Å². The van der Waals surface area contributed by atoms with Gasteiger partial charge in [-0.3, -0.25) is 9.69 Å². The zero-order valence-corrected chi connectivity index (χ0v) is 17.0. The van der Waals surface area contributed by atoms with Crippen LogP contribution in [0.4, 0.5) is 22.9 Å². The predicted molar refractivity (Wildman–Crippen MR) is 115 cm³/mol. The molecular weight excluding hydrogens is 350 g/mol. The number of anilines is 4. The number of carbonyl (C=O) groups is 1. The number of fused-ring (bicyclic) bond motifs is 1. The smallest absolute Gasteiger partial charge is 0.214 e. The van der Waals surface area contributed by atoms with Crippen LogP contribution in [-0.4, -0.2) is 61.1 Å². The van der Waals surface area contributed by atoms with E-state index in [0.29, 0.717) is 6.54 Å². The number of pyridine rings is 1. The number of para-hydroxylation sites is 2. The average Bonchev–Trinajstić information content (AvgIpc) is 2.72. The van der Waals surface area contributed by atoms with Crippen LogP contribution in [0.3, 0.4) is 0 Å². The normalized spacial score (nSPS) is 18.2. The number of aromatic nitrogens is 1. The van der Waals surface area contributed by atoms with Crippen molar-refractivity contribution in [3.63, 3.8) is 0 Å². The molecule has 3 heterocycles. The van der Waals surface area contributed by atoms with E-state index in [1.807, 2.05) is 30.5 Å². The molecule has 4 rings (SSSR count). The Hall–Kier alpha value is -2.60. The second-order valence-corrected chi connectivity index (χ2v) is 8.46. The molecule has 0 bridgehead atoms. The van der Waals surface area contributed by atoms with Crippen LogP contribution in [-0.2, 0) is 4.79 Å². The molecule has 1 aromatic carbocycles. The third kappa shape index (κ3) is 3.56. The Bertz CT molecular complexity index is 822. The average molecular weight is 380 g/mol. The first-order valence-electron chi connectivity index (χ1n) is 10.0. The first-order chi connectivity index (χ1) is 13.5. The fourth-order valence-electron chi connectivity index (χ4n) is 4.09. The molecule has 0 aliphatic carbocycles. The molecule has 2 aliphatic heterocycles. The van der Waals surface area contributed by atoms with E-state index in [4.69, 9.17) is 4.98 Å². The van der Waals surface area contributed by atoms with E-state index in [-0.39, 0.29) is 5.54 Å². The van der Waals surface area contributed by atoms with Gasteiger partial charge in [-0.1, -0.05) is 12.1 Å². The summed E-state index contributed by atoms with van der Waals surface area (Å²) in [6.07, 6.45) is 2.89. The minimum absolute atomic E-state index is 0.227. The zero-order chi connectivity index (χ0) is 19.7. The molecule has 0 N–H and O–H groups in total. The highest BCUT2D eigenvalue weighted by atomic mass is 16.1. The number of rotatable bonds is 3. The summed E-state index contributed by atoms with van der Waals surface area (Å²) >= 11 is 0. The highest BCUT2D eigenvalue weighted by molar-refractivity contribution is 5.88. The molecule has 0 unspecified atom stereocenters. The van der Waals surface area contributed by atoms with Crippen molar-refractivity contribution >= 4 is 29.3 Å². The van der Waals surface area contributed by atoms with Crippen molar-refractivity contribution < 1.29 is 4.79 Å². The van der Waals surface area contributed by atoms with Crippen LogP contribution >= 0.6 is 0 Å². The number of carbonyl (C=O) groups excluding carboxylic acids is 1. The Morgan fingerprint density at radius 2 is 1.61 bits per heavy atom. The summed E-state index contributed by atoms with van der Waals surface area (Å²) in [5.41, 5.74) is 3.37. The minimum Gasteiger partial charge on any atom is -0.368 e. The van der Waals surface area contributed by atoms with Gasteiger partial charge in [0.1, 0.15) is 5.82 Å². The summed E-state index contributed by atoms with van der Waals surface area (Å²) in [5, 5.41) is 0. The number of piperazine rings is 1. The summed E-state index contributed by atoms with van der Waals surface area (Å²) in [6, 6.07) is 12.3. The molecule has 2 aliphatic rings. The van der Waals surface area contributed by atoms with Crippen LogP contribution in [0, 0.1) is 0 Å². The van der Waals surface area contributed by atoms with Gasteiger partial charge in [0.2, 0.25) is 6.41 Å². The summed E-state index contributed by atoms with van der Waals surface area (Å²) in [5.74, 6) is 0.926. The molecule has 0 radical (unpaired) electrons. The maximum atomic E-state index is 11.4. The number of nitrogens with zero attached hydrogens (tertiary/aromatic N) is 5. The van der Waals surface area contributed by atoms with E-state index in [2.05, 4.69) is 47.6 Å². The topological polar surface area (TPSA) is 42.9 Å². The summed E-state index contributed by atoms with van der Waals surface area (Å²) in [6.45, 7) is 12.4. The first kappa shape index (κ1) is 18.7. The number of hydrogen-bond acceptors (Lipinski definition) is 5. The fourth-order valence-corrected chi connectivity index (χ4v) is 4.09. The molecule has 1 saturated heterocycles. The van der Waals surface area contributed by atoms with Gasteiger partial charge in [0.05, 0.1) is 23.3 Å². The van der Waals surface area contributed by atoms with Crippen LogP contribution in [0.25, 0.3) is 0 Å². The molecule has 1 aromatic heterocycles. The molecule has 1 amide bonds. The molecular formula is C22H29N5O. The lowest BCUT2D eigenvalue weighted by molar-refractivity contribution is -0.107. The van der Waals surface area contributed by atoms with Gasteiger partial charge in [0, 0.05) is 44.8 Å². The van der Waals surface area contributed by atoms with Crippen molar-refractivity contribution in [1.82, 2.24) is 9.88 Å². The highest BCUT2D eigenvalue weighted by Crippen LogP contribution is 2.36. The van der Waals surface area contributed by atoms with Gasteiger partial charge in [-0.05, 0) is 45.0 Å². The summed E-state index contributed by atoms with van der Waals surface area (Å²) in [7, 11) is 0. The first-order valence-corrected chi connectivity index (χ1v) is 10.0. The maximum absolute atomic E-state index is 11.4. The Kier molecular flexibility index (Phi) is 4.98. The summed E-state index contributed by atoms with van der Waals surface area (Å²) in [4.78, 5) is 25.0. The molecule has 1 fully saturated rings. The largest absolute Gasteiger partial charge is 0.368 e. The second-order valence-electron chi connectivity index (χ2n) is 8.46. The maximum Gasteiger partial charge on any atom is 0.214 e. The SMILES string of the molecule is CC(C)(C)N1CCN(c2ccc(N3CCN(C=O)c4ccccc43)nc2)CC1. The monoisotopic (exact) mass is 379 g/mol. The van der Waals surface area contributed by atoms with Crippen LogP contribution in [0.2, 0.25) is 0 Å². The van der Waals surface area contributed by atoms with Crippen molar-refractivity contribution in [1.29, 1.82) is 0 Å². The lowest BCUT2D eigenvalue weighted by atomic mass is 10.0. The summed E-state index contributed by atoms with van der Waals surface area (Å²) < 4.78 is 0. The van der Waals surface area contributed by atoms with Gasteiger partial charge in [-0.15, -0.1) is 0 Å². The Balaban J connectivity index is 1.49. The Morgan fingerprint density at radius 1 is 0.893 bits per heavy atom. The van der Waals surface area contributed by atoms with E-state index in [1.165, 1.54) is 5.69 Å². The van der Waals surface area contributed by atoms with Crippen molar-refractivity contribution in [3.8, 4) is 0 Å². The lowest BCUT2D eigenvalue weighted by Gasteiger charge is -2.43. The molecule has 6 heteroatoms. The van der Waals surface area contributed by atoms with Crippen LogP contribution in [0.5, 0.6) is 0 Å². The third-order valence-corrected chi connectivity index (χ3v) is 5.78. The number of benzene rings is 1. The van der Waals surface area contributed by atoms with E-state index >= 15 is 0 Å². The van der Waals surface area contributed by atoms with Crippen molar-refractivity contribution in [2.24, 2.45) is 0 Å².